The minimum absolute atomic E-state index is 0.205. The molecule has 0 saturated carbocycles. The van der Waals surface area contributed by atoms with Gasteiger partial charge in [0.25, 0.3) is 0 Å². The van der Waals surface area contributed by atoms with Crippen LogP contribution in [-0.2, 0) is 0 Å². The highest BCUT2D eigenvalue weighted by Gasteiger charge is 2.07. The molecule has 0 aliphatic heterocycles. The van der Waals surface area contributed by atoms with E-state index in [0.717, 1.165) is 33.3 Å². The molecule has 1 aromatic carbocycles. The van der Waals surface area contributed by atoms with E-state index in [1.54, 1.807) is 7.11 Å². The zero-order valence-electron chi connectivity index (χ0n) is 9.00. The number of halogens is 2. The lowest BCUT2D eigenvalue weighted by Crippen LogP contribution is -1.99. The maximum atomic E-state index is 8.64. The van der Waals surface area contributed by atoms with E-state index >= 15 is 0 Å². The summed E-state index contributed by atoms with van der Waals surface area (Å²) in [5.41, 5.74) is 0. The zero-order valence-corrected chi connectivity index (χ0v) is 12.2. The molecule has 0 unspecified atom stereocenters. The van der Waals surface area contributed by atoms with Crippen molar-refractivity contribution in [2.45, 2.75) is 12.8 Å². The highest BCUT2D eigenvalue weighted by molar-refractivity contribution is 9.11. The summed E-state index contributed by atoms with van der Waals surface area (Å²) in [7, 11) is 1.62. The molecule has 0 atom stereocenters. The third kappa shape index (κ3) is 3.96. The summed E-state index contributed by atoms with van der Waals surface area (Å²) in [6.45, 7) is 0.800. The number of unbranched alkanes of at least 4 members (excludes halogenated alkanes) is 1. The normalized spacial score (nSPS) is 10.2. The van der Waals surface area contributed by atoms with E-state index in [1.807, 2.05) is 12.1 Å². The highest BCUT2D eigenvalue weighted by Crippen LogP contribution is 2.35. The van der Waals surface area contributed by atoms with Gasteiger partial charge in [-0.2, -0.15) is 0 Å². The Hall–Kier alpha value is -0.260. The first-order valence-electron chi connectivity index (χ1n) is 4.95. The van der Waals surface area contributed by atoms with Gasteiger partial charge >= 0.3 is 0 Å². The quantitative estimate of drug-likeness (QED) is 0.797. The average molecular weight is 354 g/mol. The molecule has 0 radical (unpaired) electrons. The summed E-state index contributed by atoms with van der Waals surface area (Å²) in [6, 6.07) is 3.72. The molecule has 0 aliphatic carbocycles. The van der Waals surface area contributed by atoms with Crippen LogP contribution in [0.2, 0.25) is 0 Å². The Labute approximate surface area is 112 Å². The number of aliphatic hydroxyl groups excluding tert-OH is 1. The van der Waals surface area contributed by atoms with Gasteiger partial charge in [0.1, 0.15) is 11.5 Å². The molecule has 0 aliphatic rings. The molecular weight excluding hydrogens is 340 g/mol. The molecule has 1 aromatic rings. The molecule has 3 nitrogen and oxygen atoms in total. The van der Waals surface area contributed by atoms with Crippen molar-refractivity contribution in [3.63, 3.8) is 0 Å². The van der Waals surface area contributed by atoms with E-state index in [9.17, 15) is 0 Å². The molecule has 0 heterocycles. The zero-order chi connectivity index (χ0) is 12.0. The number of rotatable bonds is 6. The Morgan fingerprint density at radius 3 is 2.38 bits per heavy atom. The van der Waals surface area contributed by atoms with Crippen molar-refractivity contribution in [3.8, 4) is 11.5 Å². The first-order chi connectivity index (χ1) is 7.69. The van der Waals surface area contributed by atoms with Gasteiger partial charge in [-0.25, -0.2) is 0 Å². The standard InChI is InChI=1S/C11H14Br2O3/c1-15-10-6-9(13)11(7-8(10)12)16-5-3-2-4-14/h6-7,14H,2-5H2,1H3. The van der Waals surface area contributed by atoms with Crippen molar-refractivity contribution in [2.24, 2.45) is 0 Å². The Morgan fingerprint density at radius 1 is 1.12 bits per heavy atom. The Morgan fingerprint density at radius 2 is 1.75 bits per heavy atom. The summed E-state index contributed by atoms with van der Waals surface area (Å²) in [5.74, 6) is 1.53. The minimum Gasteiger partial charge on any atom is -0.496 e. The number of aliphatic hydroxyl groups is 1. The van der Waals surface area contributed by atoms with Gasteiger partial charge in [-0.1, -0.05) is 0 Å². The second kappa shape index (κ2) is 7.14. The topological polar surface area (TPSA) is 38.7 Å². The van der Waals surface area contributed by atoms with Crippen LogP contribution in [0.3, 0.4) is 0 Å². The van der Waals surface area contributed by atoms with E-state index in [4.69, 9.17) is 14.6 Å². The SMILES string of the molecule is COc1cc(Br)c(OCCCCO)cc1Br. The summed E-state index contributed by atoms with van der Waals surface area (Å²) in [4.78, 5) is 0. The van der Waals surface area contributed by atoms with Crippen LogP contribution in [0.25, 0.3) is 0 Å². The Balaban J connectivity index is 2.63. The van der Waals surface area contributed by atoms with E-state index in [1.165, 1.54) is 0 Å². The van der Waals surface area contributed by atoms with Crippen molar-refractivity contribution < 1.29 is 14.6 Å². The third-order valence-electron chi connectivity index (χ3n) is 2.02. The van der Waals surface area contributed by atoms with Crippen LogP contribution in [0.4, 0.5) is 0 Å². The molecule has 5 heteroatoms. The van der Waals surface area contributed by atoms with Gasteiger partial charge in [-0.15, -0.1) is 0 Å². The maximum Gasteiger partial charge on any atom is 0.134 e. The van der Waals surface area contributed by atoms with Gasteiger partial charge < -0.3 is 14.6 Å². The predicted octanol–water partition coefficient (Wildman–Crippen LogP) is 3.37. The summed E-state index contributed by atoms with van der Waals surface area (Å²) >= 11 is 6.81. The van der Waals surface area contributed by atoms with Gasteiger partial charge in [-0.3, -0.25) is 0 Å². The lowest BCUT2D eigenvalue weighted by molar-refractivity contribution is 0.252. The fraction of sp³-hybridized carbons (Fsp3) is 0.455. The smallest absolute Gasteiger partial charge is 0.134 e. The molecular formula is C11H14Br2O3. The second-order valence-electron chi connectivity index (χ2n) is 3.20. The number of ether oxygens (including phenoxy) is 2. The molecule has 0 amide bonds. The number of methoxy groups -OCH3 is 1. The van der Waals surface area contributed by atoms with Crippen LogP contribution in [0.1, 0.15) is 12.8 Å². The number of hydrogen-bond acceptors (Lipinski definition) is 3. The van der Waals surface area contributed by atoms with Gasteiger partial charge in [0, 0.05) is 6.61 Å². The molecule has 1 N–H and O–H groups in total. The summed E-state index contributed by atoms with van der Waals surface area (Å²) in [6.07, 6.45) is 1.60. The molecule has 1 rings (SSSR count). The second-order valence-corrected chi connectivity index (χ2v) is 4.91. The summed E-state index contributed by atoms with van der Waals surface area (Å²) in [5, 5.41) is 8.64. The molecule has 90 valence electrons. The van der Waals surface area contributed by atoms with Crippen molar-refractivity contribution in [1.82, 2.24) is 0 Å². The van der Waals surface area contributed by atoms with Crippen molar-refractivity contribution >= 4 is 31.9 Å². The fourth-order valence-electron chi connectivity index (χ4n) is 1.17. The largest absolute Gasteiger partial charge is 0.496 e. The average Bonchev–Trinajstić information content (AvgIpc) is 2.28. The number of hydrogen-bond donors (Lipinski definition) is 1. The maximum absolute atomic E-state index is 8.64. The van der Waals surface area contributed by atoms with Crippen LogP contribution in [-0.4, -0.2) is 25.4 Å². The van der Waals surface area contributed by atoms with Crippen LogP contribution in [0.5, 0.6) is 11.5 Å². The van der Waals surface area contributed by atoms with Crippen LogP contribution in [0.15, 0.2) is 21.1 Å². The van der Waals surface area contributed by atoms with Gasteiger partial charge in [-0.05, 0) is 56.8 Å². The first kappa shape index (κ1) is 13.8. The Kier molecular flexibility index (Phi) is 6.16. The van der Waals surface area contributed by atoms with Gasteiger partial charge in [0.05, 0.1) is 22.7 Å². The van der Waals surface area contributed by atoms with Crippen molar-refractivity contribution in [3.05, 3.63) is 21.1 Å². The molecule has 0 fully saturated rings. The van der Waals surface area contributed by atoms with Crippen LogP contribution >= 0.6 is 31.9 Å². The van der Waals surface area contributed by atoms with Crippen molar-refractivity contribution in [2.75, 3.05) is 20.3 Å². The van der Waals surface area contributed by atoms with Crippen molar-refractivity contribution in [1.29, 1.82) is 0 Å². The molecule has 0 aromatic heterocycles. The lowest BCUT2D eigenvalue weighted by atomic mass is 10.3. The van der Waals surface area contributed by atoms with Crippen LogP contribution < -0.4 is 9.47 Å². The van der Waals surface area contributed by atoms with Gasteiger partial charge in [0.15, 0.2) is 0 Å². The molecule has 0 saturated heterocycles. The minimum atomic E-state index is 0.205. The predicted molar refractivity (Wildman–Crippen MR) is 70.2 cm³/mol. The highest BCUT2D eigenvalue weighted by atomic mass is 79.9. The first-order valence-corrected chi connectivity index (χ1v) is 6.54. The fourth-order valence-corrected chi connectivity index (χ4v) is 2.09. The van der Waals surface area contributed by atoms with E-state index in [2.05, 4.69) is 31.9 Å². The number of benzene rings is 1. The summed E-state index contributed by atoms with van der Waals surface area (Å²) < 4.78 is 12.4. The Bertz CT molecular complexity index is 342. The molecule has 0 bridgehead atoms. The molecule has 0 spiro atoms. The van der Waals surface area contributed by atoms with Gasteiger partial charge in [0.2, 0.25) is 0 Å². The lowest BCUT2D eigenvalue weighted by Gasteiger charge is -2.10. The van der Waals surface area contributed by atoms with E-state index in [-0.39, 0.29) is 6.61 Å². The molecule has 16 heavy (non-hydrogen) atoms. The van der Waals surface area contributed by atoms with E-state index in [0.29, 0.717) is 6.61 Å². The monoisotopic (exact) mass is 352 g/mol. The third-order valence-corrected chi connectivity index (χ3v) is 3.26. The van der Waals surface area contributed by atoms with E-state index < -0.39 is 0 Å². The van der Waals surface area contributed by atoms with Crippen LogP contribution in [0, 0.1) is 0 Å².